The summed E-state index contributed by atoms with van der Waals surface area (Å²) in [7, 11) is 1.70. The molecule has 0 saturated heterocycles. The molecule has 1 aliphatic carbocycles. The highest BCUT2D eigenvalue weighted by Gasteiger charge is 2.31. The Hall–Kier alpha value is -3.04. The van der Waals surface area contributed by atoms with Crippen molar-refractivity contribution < 1.29 is 9.47 Å². The Labute approximate surface area is 203 Å². The highest BCUT2D eigenvalue weighted by molar-refractivity contribution is 5.94. The second-order valence-electron chi connectivity index (χ2n) is 9.75. The Morgan fingerprint density at radius 2 is 1.74 bits per heavy atom. The Morgan fingerprint density at radius 1 is 0.971 bits per heavy atom. The summed E-state index contributed by atoms with van der Waals surface area (Å²) in [4.78, 5) is 0. The lowest BCUT2D eigenvalue weighted by Gasteiger charge is -2.17. The predicted octanol–water partition coefficient (Wildman–Crippen LogP) is 6.48. The van der Waals surface area contributed by atoms with Crippen molar-refractivity contribution in [2.45, 2.75) is 45.6 Å². The lowest BCUT2D eigenvalue weighted by molar-refractivity contribution is 0.325. The first kappa shape index (κ1) is 22.7. The largest absolute Gasteiger partial charge is 0.497 e. The molecule has 0 bridgehead atoms. The van der Waals surface area contributed by atoms with E-state index in [1.54, 1.807) is 7.11 Å². The van der Waals surface area contributed by atoms with Crippen LogP contribution in [0, 0.1) is 12.8 Å². The van der Waals surface area contributed by atoms with Crippen LogP contribution in [-0.2, 0) is 12.8 Å². The molecule has 2 atom stereocenters. The van der Waals surface area contributed by atoms with E-state index >= 15 is 0 Å². The van der Waals surface area contributed by atoms with Crippen molar-refractivity contribution in [2.75, 3.05) is 20.3 Å². The molecular weight excluding hydrogens is 418 g/mol. The summed E-state index contributed by atoms with van der Waals surface area (Å²) in [6.45, 7) is 6.24. The van der Waals surface area contributed by atoms with Gasteiger partial charge in [0.2, 0.25) is 0 Å². The van der Waals surface area contributed by atoms with Gasteiger partial charge < -0.3 is 14.8 Å². The molecule has 3 nitrogen and oxygen atoms in total. The van der Waals surface area contributed by atoms with Gasteiger partial charge in [-0.05, 0) is 84.2 Å². The van der Waals surface area contributed by atoms with Gasteiger partial charge in [-0.2, -0.15) is 0 Å². The normalized spacial score (nSPS) is 19.3. The third kappa shape index (κ3) is 5.05. The number of allylic oxidation sites excluding steroid dienone is 1. The molecule has 34 heavy (non-hydrogen) atoms. The molecule has 0 radical (unpaired) electrons. The number of benzene rings is 3. The van der Waals surface area contributed by atoms with E-state index < -0.39 is 0 Å². The summed E-state index contributed by atoms with van der Waals surface area (Å²) in [6.07, 6.45) is 4.18. The van der Waals surface area contributed by atoms with Gasteiger partial charge in [-0.3, -0.25) is 0 Å². The molecule has 3 heteroatoms. The maximum atomic E-state index is 6.22. The summed E-state index contributed by atoms with van der Waals surface area (Å²) >= 11 is 0. The first-order chi connectivity index (χ1) is 16.6. The fraction of sp³-hybridized carbons (Fsp3) is 0.355. The van der Waals surface area contributed by atoms with Crippen molar-refractivity contribution in [2.24, 2.45) is 5.92 Å². The summed E-state index contributed by atoms with van der Waals surface area (Å²) in [5, 5.41) is 3.66. The van der Waals surface area contributed by atoms with Crippen LogP contribution in [0.25, 0.3) is 11.1 Å². The fourth-order valence-electron chi connectivity index (χ4n) is 5.02. The van der Waals surface area contributed by atoms with E-state index in [4.69, 9.17) is 9.47 Å². The molecule has 2 aliphatic rings. The Morgan fingerprint density at radius 3 is 2.47 bits per heavy atom. The van der Waals surface area contributed by atoms with E-state index in [0.29, 0.717) is 6.61 Å². The Kier molecular flexibility index (Phi) is 6.73. The topological polar surface area (TPSA) is 30.5 Å². The van der Waals surface area contributed by atoms with Gasteiger partial charge in [0, 0.05) is 24.1 Å². The number of ether oxygens (including phenoxy) is 2. The van der Waals surface area contributed by atoms with Crippen molar-refractivity contribution in [3.05, 3.63) is 94.5 Å². The molecule has 1 aliphatic heterocycles. The van der Waals surface area contributed by atoms with E-state index in [-0.39, 0.29) is 0 Å². The SMILES string of the molecule is COc1ccc2c(c1)OCCC(c1ccccc1C)=C2Cc1ccc(CCNC2C[C@H]2C)cc1. The Bertz CT molecular complexity index is 1180. The summed E-state index contributed by atoms with van der Waals surface area (Å²) in [5.41, 5.74) is 9.25. The zero-order chi connectivity index (χ0) is 23.5. The van der Waals surface area contributed by atoms with Crippen molar-refractivity contribution in [3.8, 4) is 11.5 Å². The summed E-state index contributed by atoms with van der Waals surface area (Å²) in [5.74, 6) is 2.59. The van der Waals surface area contributed by atoms with Gasteiger partial charge in [-0.15, -0.1) is 0 Å². The number of fused-ring (bicyclic) bond motifs is 1. The van der Waals surface area contributed by atoms with E-state index in [1.807, 2.05) is 12.1 Å². The molecule has 0 aromatic heterocycles. The average molecular weight is 454 g/mol. The van der Waals surface area contributed by atoms with Crippen molar-refractivity contribution in [3.63, 3.8) is 0 Å². The Balaban J connectivity index is 1.45. The van der Waals surface area contributed by atoms with Crippen LogP contribution in [0.5, 0.6) is 11.5 Å². The van der Waals surface area contributed by atoms with E-state index in [2.05, 4.69) is 73.8 Å². The van der Waals surface area contributed by atoms with Gasteiger partial charge in [-0.1, -0.05) is 55.5 Å². The van der Waals surface area contributed by atoms with Crippen molar-refractivity contribution in [1.82, 2.24) is 5.32 Å². The van der Waals surface area contributed by atoms with Crippen molar-refractivity contribution in [1.29, 1.82) is 0 Å². The molecule has 0 spiro atoms. The molecule has 1 heterocycles. The highest BCUT2D eigenvalue weighted by atomic mass is 16.5. The first-order valence-electron chi connectivity index (χ1n) is 12.5. The number of hydrogen-bond donors (Lipinski definition) is 1. The lowest BCUT2D eigenvalue weighted by Crippen LogP contribution is -2.20. The van der Waals surface area contributed by atoms with Crippen molar-refractivity contribution >= 4 is 11.1 Å². The molecule has 1 N–H and O–H groups in total. The van der Waals surface area contributed by atoms with Crippen LogP contribution in [0.1, 0.15) is 47.6 Å². The minimum atomic E-state index is 0.666. The van der Waals surface area contributed by atoms with E-state index in [9.17, 15) is 0 Å². The number of rotatable bonds is 8. The summed E-state index contributed by atoms with van der Waals surface area (Å²) in [6, 6.07) is 24.8. The molecular formula is C31H35NO2. The third-order valence-electron chi connectivity index (χ3n) is 7.29. The lowest BCUT2D eigenvalue weighted by atomic mass is 9.87. The maximum Gasteiger partial charge on any atom is 0.130 e. The maximum absolute atomic E-state index is 6.22. The molecule has 176 valence electrons. The molecule has 5 rings (SSSR count). The van der Waals surface area contributed by atoms with Gasteiger partial charge in [0.1, 0.15) is 11.5 Å². The minimum absolute atomic E-state index is 0.666. The number of methoxy groups -OCH3 is 1. The van der Waals surface area contributed by atoms with E-state index in [1.165, 1.54) is 45.4 Å². The molecule has 1 unspecified atom stereocenters. The first-order valence-corrected chi connectivity index (χ1v) is 12.5. The van der Waals surface area contributed by atoms with Gasteiger partial charge >= 0.3 is 0 Å². The van der Waals surface area contributed by atoms with Gasteiger partial charge in [-0.25, -0.2) is 0 Å². The quantitative estimate of drug-likeness (QED) is 0.423. The molecule has 3 aromatic carbocycles. The molecule has 0 amide bonds. The van der Waals surface area contributed by atoms with Gasteiger partial charge in [0.15, 0.2) is 0 Å². The smallest absolute Gasteiger partial charge is 0.130 e. The standard InChI is InChI=1S/C31H35NO2/c1-21-6-4-5-7-26(21)27-15-17-34-31-20-25(33-3)12-13-28(31)29(27)19-24-10-8-23(9-11-24)14-16-32-30-18-22(30)2/h4-13,20,22,30,32H,14-19H2,1-3H3/t22-,30?/m1/s1. The summed E-state index contributed by atoms with van der Waals surface area (Å²) < 4.78 is 11.7. The van der Waals surface area contributed by atoms with Crippen LogP contribution in [0.15, 0.2) is 66.7 Å². The van der Waals surface area contributed by atoms with Gasteiger partial charge in [0.05, 0.1) is 13.7 Å². The monoisotopic (exact) mass is 453 g/mol. The predicted molar refractivity (Wildman–Crippen MR) is 141 cm³/mol. The third-order valence-corrected chi connectivity index (χ3v) is 7.29. The number of hydrogen-bond acceptors (Lipinski definition) is 3. The molecule has 1 fully saturated rings. The minimum Gasteiger partial charge on any atom is -0.497 e. The molecule has 3 aromatic rings. The average Bonchev–Trinajstić information content (AvgIpc) is 3.60. The van der Waals surface area contributed by atoms with Crippen LogP contribution in [0.3, 0.4) is 0 Å². The van der Waals surface area contributed by atoms with Gasteiger partial charge in [0.25, 0.3) is 0 Å². The van der Waals surface area contributed by atoms with Crippen LogP contribution in [0.2, 0.25) is 0 Å². The highest BCUT2D eigenvalue weighted by Crippen LogP contribution is 2.41. The second kappa shape index (κ2) is 10.1. The van der Waals surface area contributed by atoms with Crippen LogP contribution in [-0.4, -0.2) is 26.3 Å². The fourth-order valence-corrected chi connectivity index (χ4v) is 5.02. The molecule has 1 saturated carbocycles. The van der Waals surface area contributed by atoms with Crippen LogP contribution in [0.4, 0.5) is 0 Å². The number of aryl methyl sites for hydroxylation is 1. The van der Waals surface area contributed by atoms with Crippen LogP contribution >= 0.6 is 0 Å². The zero-order valence-electron chi connectivity index (χ0n) is 20.6. The van der Waals surface area contributed by atoms with E-state index in [0.717, 1.165) is 49.3 Å². The number of nitrogens with one attached hydrogen (secondary N) is 1. The zero-order valence-corrected chi connectivity index (χ0v) is 20.6. The van der Waals surface area contributed by atoms with Crippen LogP contribution < -0.4 is 14.8 Å². The second-order valence-corrected chi connectivity index (χ2v) is 9.75.